The second-order valence-electron chi connectivity index (χ2n) is 4.76. The van der Waals surface area contributed by atoms with Crippen LogP contribution in [0.25, 0.3) is 0 Å². The fourth-order valence-corrected chi connectivity index (χ4v) is 2.14. The molecule has 2 N–H and O–H groups in total. The van der Waals surface area contributed by atoms with Gasteiger partial charge in [-0.2, -0.15) is 5.10 Å². The van der Waals surface area contributed by atoms with E-state index in [1.807, 2.05) is 18.2 Å². The molecular formula is C14H17ClN4O2. The van der Waals surface area contributed by atoms with Crippen LogP contribution in [0.4, 0.5) is 5.69 Å². The van der Waals surface area contributed by atoms with Crippen molar-refractivity contribution in [3.8, 4) is 0 Å². The van der Waals surface area contributed by atoms with E-state index in [4.69, 9.17) is 11.6 Å². The number of aromatic nitrogens is 3. The number of hydrogen-bond acceptors (Lipinski definition) is 5. The first-order chi connectivity index (χ1) is 10.1. The lowest BCUT2D eigenvalue weighted by molar-refractivity contribution is 0.232. The highest BCUT2D eigenvalue weighted by Gasteiger charge is 2.12. The van der Waals surface area contributed by atoms with Crippen LogP contribution in [0, 0.1) is 5.92 Å². The third kappa shape index (κ3) is 4.03. The second kappa shape index (κ2) is 7.19. The summed E-state index contributed by atoms with van der Waals surface area (Å²) in [6.45, 7) is 0.487. The number of aliphatic hydroxyl groups excluding tert-OH is 1. The molecule has 2 rings (SSSR count). The average molecular weight is 309 g/mol. The van der Waals surface area contributed by atoms with Gasteiger partial charge in [0.15, 0.2) is 0 Å². The number of rotatable bonds is 6. The number of hydrogen-bond donors (Lipinski definition) is 2. The van der Waals surface area contributed by atoms with Crippen LogP contribution in [0.2, 0.25) is 5.02 Å². The monoisotopic (exact) mass is 308 g/mol. The molecular weight excluding hydrogens is 292 g/mol. The first-order valence-electron chi connectivity index (χ1n) is 6.58. The Balaban J connectivity index is 2.01. The van der Waals surface area contributed by atoms with E-state index in [0.717, 1.165) is 5.69 Å². The number of nitrogens with one attached hydrogen (secondary N) is 1. The normalized spacial score (nSPS) is 12.1. The van der Waals surface area contributed by atoms with Gasteiger partial charge in [-0.15, -0.1) is 0 Å². The average Bonchev–Trinajstić information content (AvgIpc) is 2.51. The summed E-state index contributed by atoms with van der Waals surface area (Å²) in [5.41, 5.74) is 1.03. The Morgan fingerprint density at radius 1 is 1.48 bits per heavy atom. The maximum Gasteiger partial charge on any atom is 0.287 e. The highest BCUT2D eigenvalue weighted by Crippen LogP contribution is 2.16. The molecule has 1 atom stereocenters. The smallest absolute Gasteiger partial charge is 0.287 e. The minimum absolute atomic E-state index is 0.0134. The van der Waals surface area contributed by atoms with Gasteiger partial charge >= 0.3 is 0 Å². The maximum absolute atomic E-state index is 11.7. The van der Waals surface area contributed by atoms with Gasteiger partial charge < -0.3 is 10.4 Å². The van der Waals surface area contributed by atoms with Gasteiger partial charge in [0.25, 0.3) is 5.56 Å². The van der Waals surface area contributed by atoms with Crippen LogP contribution in [-0.4, -0.2) is 33.0 Å². The summed E-state index contributed by atoms with van der Waals surface area (Å²) in [6, 6.07) is 5.67. The van der Waals surface area contributed by atoms with Crippen LogP contribution < -0.4 is 10.9 Å². The van der Waals surface area contributed by atoms with Crippen molar-refractivity contribution in [2.24, 2.45) is 13.0 Å². The summed E-state index contributed by atoms with van der Waals surface area (Å²) < 4.78 is 1.17. The molecule has 0 saturated carbocycles. The number of aliphatic hydroxyl groups is 1. The van der Waals surface area contributed by atoms with Crippen molar-refractivity contribution < 1.29 is 5.11 Å². The topological polar surface area (TPSA) is 80.0 Å². The molecule has 0 aromatic carbocycles. The summed E-state index contributed by atoms with van der Waals surface area (Å²) in [6.07, 6.45) is 3.86. The minimum Gasteiger partial charge on any atom is -0.396 e. The van der Waals surface area contributed by atoms with E-state index in [1.54, 1.807) is 6.20 Å². The summed E-state index contributed by atoms with van der Waals surface area (Å²) in [4.78, 5) is 15.9. The zero-order valence-electron chi connectivity index (χ0n) is 11.7. The molecule has 2 heterocycles. The van der Waals surface area contributed by atoms with Crippen LogP contribution in [0.15, 0.2) is 35.4 Å². The van der Waals surface area contributed by atoms with Crippen molar-refractivity contribution in [3.05, 3.63) is 51.7 Å². The first kappa shape index (κ1) is 15.5. The van der Waals surface area contributed by atoms with Gasteiger partial charge in [0.2, 0.25) is 0 Å². The SMILES string of the molecule is Cn1ncc(NCC(CO)Cc2ccccn2)c(Cl)c1=O. The van der Waals surface area contributed by atoms with Crippen LogP contribution in [0.3, 0.4) is 0 Å². The molecule has 0 fully saturated rings. The van der Waals surface area contributed by atoms with Gasteiger partial charge in [0.05, 0.1) is 11.9 Å². The van der Waals surface area contributed by atoms with Crippen molar-refractivity contribution in [1.82, 2.24) is 14.8 Å². The van der Waals surface area contributed by atoms with Crippen LogP contribution >= 0.6 is 11.6 Å². The Hall–Kier alpha value is -1.92. The molecule has 2 aromatic rings. The van der Waals surface area contributed by atoms with Gasteiger partial charge in [-0.3, -0.25) is 9.78 Å². The van der Waals surface area contributed by atoms with Gasteiger partial charge in [-0.25, -0.2) is 4.68 Å². The summed E-state index contributed by atoms with van der Waals surface area (Å²) in [5.74, 6) is -0.0278. The molecule has 21 heavy (non-hydrogen) atoms. The highest BCUT2D eigenvalue weighted by atomic mass is 35.5. The quantitative estimate of drug-likeness (QED) is 0.835. The summed E-state index contributed by atoms with van der Waals surface area (Å²) >= 11 is 5.97. The molecule has 2 aromatic heterocycles. The van der Waals surface area contributed by atoms with Crippen molar-refractivity contribution in [2.75, 3.05) is 18.5 Å². The Morgan fingerprint density at radius 2 is 2.29 bits per heavy atom. The molecule has 112 valence electrons. The van der Waals surface area contributed by atoms with Gasteiger partial charge in [-0.1, -0.05) is 17.7 Å². The Labute approximate surface area is 127 Å². The Morgan fingerprint density at radius 3 is 2.95 bits per heavy atom. The van der Waals surface area contributed by atoms with Crippen molar-refractivity contribution >= 4 is 17.3 Å². The largest absolute Gasteiger partial charge is 0.396 e. The standard InChI is InChI=1S/C14H17ClN4O2/c1-19-14(21)13(15)12(8-18-19)17-7-10(9-20)6-11-4-2-3-5-16-11/h2-5,8,10,17,20H,6-7,9H2,1H3. The summed E-state index contributed by atoms with van der Waals surface area (Å²) in [5, 5.41) is 16.5. The minimum atomic E-state index is -0.355. The van der Waals surface area contributed by atoms with Crippen molar-refractivity contribution in [3.63, 3.8) is 0 Å². The van der Waals surface area contributed by atoms with E-state index >= 15 is 0 Å². The third-order valence-corrected chi connectivity index (χ3v) is 3.51. The number of pyridine rings is 1. The number of nitrogens with zero attached hydrogens (tertiary/aromatic N) is 3. The van der Waals surface area contributed by atoms with E-state index in [1.165, 1.54) is 17.9 Å². The molecule has 6 nitrogen and oxygen atoms in total. The predicted molar refractivity (Wildman–Crippen MR) is 81.5 cm³/mol. The van der Waals surface area contributed by atoms with E-state index in [-0.39, 0.29) is 23.1 Å². The number of halogens is 1. The molecule has 1 unspecified atom stereocenters. The molecule has 0 saturated heterocycles. The zero-order chi connectivity index (χ0) is 15.2. The van der Waals surface area contributed by atoms with Gasteiger partial charge in [0, 0.05) is 38.0 Å². The summed E-state index contributed by atoms with van der Waals surface area (Å²) in [7, 11) is 1.54. The highest BCUT2D eigenvalue weighted by molar-refractivity contribution is 6.32. The lowest BCUT2D eigenvalue weighted by Crippen LogP contribution is -2.24. The fraction of sp³-hybridized carbons (Fsp3) is 0.357. The third-order valence-electron chi connectivity index (χ3n) is 3.14. The van der Waals surface area contributed by atoms with Crippen LogP contribution in [0.1, 0.15) is 5.69 Å². The van der Waals surface area contributed by atoms with Crippen LogP contribution in [-0.2, 0) is 13.5 Å². The van der Waals surface area contributed by atoms with Gasteiger partial charge in [-0.05, 0) is 18.6 Å². The molecule has 0 aliphatic heterocycles. The maximum atomic E-state index is 11.7. The van der Waals surface area contributed by atoms with E-state index < -0.39 is 0 Å². The van der Waals surface area contributed by atoms with E-state index in [0.29, 0.717) is 18.7 Å². The molecule has 0 aliphatic carbocycles. The number of anilines is 1. The number of aryl methyl sites for hydroxylation is 1. The van der Waals surface area contributed by atoms with E-state index in [2.05, 4.69) is 15.4 Å². The Kier molecular flexibility index (Phi) is 5.30. The van der Waals surface area contributed by atoms with Gasteiger partial charge in [0.1, 0.15) is 5.02 Å². The van der Waals surface area contributed by atoms with Crippen molar-refractivity contribution in [2.45, 2.75) is 6.42 Å². The first-order valence-corrected chi connectivity index (χ1v) is 6.96. The molecule has 0 aliphatic rings. The second-order valence-corrected chi connectivity index (χ2v) is 5.13. The lowest BCUT2D eigenvalue weighted by Gasteiger charge is -2.16. The lowest BCUT2D eigenvalue weighted by atomic mass is 10.0. The van der Waals surface area contributed by atoms with Crippen LogP contribution in [0.5, 0.6) is 0 Å². The molecule has 0 spiro atoms. The fourth-order valence-electron chi connectivity index (χ4n) is 1.90. The van der Waals surface area contributed by atoms with E-state index in [9.17, 15) is 9.90 Å². The zero-order valence-corrected chi connectivity index (χ0v) is 12.4. The molecule has 0 bridgehead atoms. The van der Waals surface area contributed by atoms with Crippen molar-refractivity contribution in [1.29, 1.82) is 0 Å². The molecule has 0 amide bonds. The molecule has 0 radical (unpaired) electrons. The predicted octanol–water partition coefficient (Wildman–Crippen LogP) is 1.09. The Bertz CT molecular complexity index is 645. The molecule has 7 heteroatoms.